The first-order valence-corrected chi connectivity index (χ1v) is 7.51. The van der Waals surface area contributed by atoms with Gasteiger partial charge >= 0.3 is 0 Å². The lowest BCUT2D eigenvalue weighted by atomic mass is 9.85. The number of anilines is 1. The Kier molecular flexibility index (Phi) is 3.09. The van der Waals surface area contributed by atoms with Crippen molar-refractivity contribution in [2.45, 2.75) is 57.7 Å². The van der Waals surface area contributed by atoms with E-state index in [4.69, 9.17) is 5.73 Å². The molecular weight excluding hydrogens is 230 g/mol. The minimum Gasteiger partial charge on any atom is -0.375 e. The average Bonchev–Trinajstić information content (AvgIpc) is 2.85. The molecule has 1 saturated heterocycles. The Labute approximate surface area is 107 Å². The van der Waals surface area contributed by atoms with Gasteiger partial charge in [-0.25, -0.2) is 4.98 Å². The van der Waals surface area contributed by atoms with Crippen LogP contribution in [0.2, 0.25) is 0 Å². The second kappa shape index (κ2) is 4.58. The van der Waals surface area contributed by atoms with E-state index in [9.17, 15) is 0 Å². The van der Waals surface area contributed by atoms with Gasteiger partial charge < -0.3 is 5.73 Å². The van der Waals surface area contributed by atoms with Gasteiger partial charge in [-0.05, 0) is 32.1 Å². The minimum atomic E-state index is 0.701. The predicted octanol–water partition coefficient (Wildman–Crippen LogP) is 2.88. The summed E-state index contributed by atoms with van der Waals surface area (Å²) in [6, 6.07) is 1.55. The Morgan fingerprint density at radius 3 is 3.06 bits per heavy atom. The molecule has 4 heteroatoms. The van der Waals surface area contributed by atoms with Gasteiger partial charge in [0.25, 0.3) is 0 Å². The largest absolute Gasteiger partial charge is 0.375 e. The topological polar surface area (TPSA) is 42.2 Å². The van der Waals surface area contributed by atoms with Gasteiger partial charge in [-0.2, -0.15) is 0 Å². The van der Waals surface area contributed by atoms with Gasteiger partial charge in [0.05, 0.1) is 0 Å². The van der Waals surface area contributed by atoms with E-state index >= 15 is 0 Å². The van der Waals surface area contributed by atoms with E-state index < -0.39 is 0 Å². The summed E-state index contributed by atoms with van der Waals surface area (Å²) < 4.78 is 0. The number of nitrogens with zero attached hydrogens (tertiary/aromatic N) is 2. The molecule has 3 nitrogen and oxygen atoms in total. The summed E-state index contributed by atoms with van der Waals surface area (Å²) in [5.74, 6) is 0.948. The van der Waals surface area contributed by atoms with E-state index in [2.05, 4.69) is 16.8 Å². The predicted molar refractivity (Wildman–Crippen MR) is 71.9 cm³/mol. The maximum atomic E-state index is 5.71. The molecule has 94 valence electrons. The van der Waals surface area contributed by atoms with E-state index in [1.165, 1.54) is 37.0 Å². The van der Waals surface area contributed by atoms with Crippen LogP contribution in [0.15, 0.2) is 6.20 Å². The zero-order chi connectivity index (χ0) is 11.8. The summed E-state index contributed by atoms with van der Waals surface area (Å²) >= 11 is 1.64. The number of aromatic nitrogens is 1. The summed E-state index contributed by atoms with van der Waals surface area (Å²) in [5, 5.41) is 0.701. The Balaban J connectivity index is 1.73. The number of hydrogen-bond donors (Lipinski definition) is 1. The summed E-state index contributed by atoms with van der Waals surface area (Å²) in [6.45, 7) is 3.43. The third-order valence-electron chi connectivity index (χ3n) is 4.41. The van der Waals surface area contributed by atoms with Gasteiger partial charge in [0.1, 0.15) is 0 Å². The maximum absolute atomic E-state index is 5.71. The van der Waals surface area contributed by atoms with Crippen LogP contribution in [0.3, 0.4) is 0 Å². The summed E-state index contributed by atoms with van der Waals surface area (Å²) in [6.07, 6.45) is 9.02. The van der Waals surface area contributed by atoms with Gasteiger partial charge in [0, 0.05) is 29.7 Å². The fourth-order valence-electron chi connectivity index (χ4n) is 3.65. The molecule has 17 heavy (non-hydrogen) atoms. The average molecular weight is 251 g/mol. The number of nitrogen functional groups attached to an aromatic ring is 1. The van der Waals surface area contributed by atoms with Crippen molar-refractivity contribution < 1.29 is 0 Å². The SMILES string of the molecule is CC1CC2CCCCC2N1Cc1cnc(N)s1. The monoisotopic (exact) mass is 251 g/mol. The van der Waals surface area contributed by atoms with Crippen LogP contribution in [0, 0.1) is 5.92 Å². The van der Waals surface area contributed by atoms with Gasteiger partial charge in [0.15, 0.2) is 5.13 Å². The highest BCUT2D eigenvalue weighted by atomic mass is 32.1. The standard InChI is InChI=1S/C13H21N3S/c1-9-6-10-4-2-3-5-12(10)16(9)8-11-7-15-13(14)17-11/h7,9-10,12H,2-6,8H2,1H3,(H2,14,15). The van der Waals surface area contributed by atoms with Crippen molar-refractivity contribution in [1.82, 2.24) is 9.88 Å². The third-order valence-corrected chi connectivity index (χ3v) is 5.23. The van der Waals surface area contributed by atoms with Crippen molar-refractivity contribution in [1.29, 1.82) is 0 Å². The zero-order valence-corrected chi connectivity index (χ0v) is 11.2. The molecule has 1 aromatic heterocycles. The van der Waals surface area contributed by atoms with Crippen LogP contribution in [0.5, 0.6) is 0 Å². The highest BCUT2D eigenvalue weighted by molar-refractivity contribution is 7.15. The quantitative estimate of drug-likeness (QED) is 0.879. The molecular formula is C13H21N3S. The molecule has 2 N–H and O–H groups in total. The molecule has 1 aliphatic carbocycles. The second-order valence-corrected chi connectivity index (χ2v) is 6.68. The first-order chi connectivity index (χ1) is 8.24. The molecule has 3 rings (SSSR count). The second-order valence-electron chi connectivity index (χ2n) is 5.53. The molecule has 0 spiro atoms. The van der Waals surface area contributed by atoms with Crippen molar-refractivity contribution in [3.05, 3.63) is 11.1 Å². The van der Waals surface area contributed by atoms with Crippen LogP contribution in [0.4, 0.5) is 5.13 Å². The fraction of sp³-hybridized carbons (Fsp3) is 0.769. The van der Waals surface area contributed by atoms with Crippen molar-refractivity contribution in [3.8, 4) is 0 Å². The van der Waals surface area contributed by atoms with Crippen molar-refractivity contribution in [2.75, 3.05) is 5.73 Å². The number of thiazole rings is 1. The van der Waals surface area contributed by atoms with Crippen LogP contribution < -0.4 is 5.73 Å². The molecule has 2 fully saturated rings. The van der Waals surface area contributed by atoms with Crippen LogP contribution in [-0.2, 0) is 6.54 Å². The molecule has 2 heterocycles. The van der Waals surface area contributed by atoms with Crippen molar-refractivity contribution in [3.63, 3.8) is 0 Å². The van der Waals surface area contributed by atoms with Gasteiger partial charge in [-0.1, -0.05) is 12.8 Å². The highest BCUT2D eigenvalue weighted by Gasteiger charge is 2.39. The zero-order valence-electron chi connectivity index (χ0n) is 10.4. The first kappa shape index (κ1) is 11.5. The maximum Gasteiger partial charge on any atom is 0.180 e. The molecule has 1 aliphatic heterocycles. The van der Waals surface area contributed by atoms with Crippen LogP contribution in [0.25, 0.3) is 0 Å². The Hall–Kier alpha value is -0.610. The van der Waals surface area contributed by atoms with E-state index in [0.29, 0.717) is 5.13 Å². The number of fused-ring (bicyclic) bond motifs is 1. The number of likely N-dealkylation sites (tertiary alicyclic amines) is 1. The Morgan fingerprint density at radius 1 is 1.47 bits per heavy atom. The first-order valence-electron chi connectivity index (χ1n) is 6.70. The lowest BCUT2D eigenvalue weighted by Gasteiger charge is -2.32. The van der Waals surface area contributed by atoms with Crippen molar-refractivity contribution in [2.24, 2.45) is 5.92 Å². The summed E-state index contributed by atoms with van der Waals surface area (Å²) in [4.78, 5) is 8.17. The lowest BCUT2D eigenvalue weighted by molar-refractivity contribution is 0.150. The van der Waals surface area contributed by atoms with E-state index in [1.54, 1.807) is 11.3 Å². The summed E-state index contributed by atoms with van der Waals surface area (Å²) in [5.41, 5.74) is 5.71. The molecule has 1 saturated carbocycles. The molecule has 1 aromatic rings. The molecule has 3 atom stereocenters. The van der Waals surface area contributed by atoms with Gasteiger partial charge in [0.2, 0.25) is 0 Å². The molecule has 0 aromatic carbocycles. The summed E-state index contributed by atoms with van der Waals surface area (Å²) in [7, 11) is 0. The molecule has 0 amide bonds. The minimum absolute atomic E-state index is 0.701. The number of nitrogens with two attached hydrogens (primary N) is 1. The number of hydrogen-bond acceptors (Lipinski definition) is 4. The van der Waals surface area contributed by atoms with E-state index in [-0.39, 0.29) is 0 Å². The van der Waals surface area contributed by atoms with Crippen molar-refractivity contribution >= 4 is 16.5 Å². The van der Waals surface area contributed by atoms with E-state index in [0.717, 1.165) is 24.5 Å². The Bertz CT molecular complexity index is 390. The third kappa shape index (κ3) is 2.20. The van der Waals surface area contributed by atoms with Crippen LogP contribution in [0.1, 0.15) is 43.9 Å². The van der Waals surface area contributed by atoms with Crippen LogP contribution >= 0.6 is 11.3 Å². The fourth-order valence-corrected chi connectivity index (χ4v) is 4.34. The van der Waals surface area contributed by atoms with E-state index in [1.807, 2.05) is 6.20 Å². The molecule has 2 aliphatic rings. The molecule has 0 radical (unpaired) electrons. The van der Waals surface area contributed by atoms with Crippen LogP contribution in [-0.4, -0.2) is 22.0 Å². The number of rotatable bonds is 2. The molecule has 0 bridgehead atoms. The van der Waals surface area contributed by atoms with Gasteiger partial charge in [-0.3, -0.25) is 4.90 Å². The Morgan fingerprint density at radius 2 is 2.29 bits per heavy atom. The molecule has 3 unspecified atom stereocenters. The highest BCUT2D eigenvalue weighted by Crippen LogP contribution is 2.40. The normalized spacial score (nSPS) is 33.8. The van der Waals surface area contributed by atoms with Gasteiger partial charge in [-0.15, -0.1) is 11.3 Å². The lowest BCUT2D eigenvalue weighted by Crippen LogP contribution is -2.37. The smallest absolute Gasteiger partial charge is 0.180 e.